The maximum atomic E-state index is 13.2. The Balaban J connectivity index is 2.01. The Morgan fingerprint density at radius 3 is 2.04 bits per heavy atom. The highest BCUT2D eigenvalue weighted by atomic mass is 28.3. The number of ether oxygens (including phenoxy) is 1. The summed E-state index contributed by atoms with van der Waals surface area (Å²) in [4.78, 5) is 0. The van der Waals surface area contributed by atoms with Crippen molar-refractivity contribution in [1.82, 2.24) is 0 Å². The number of halogens is 3. The van der Waals surface area contributed by atoms with E-state index in [1.165, 1.54) is 6.08 Å². The van der Waals surface area contributed by atoms with Gasteiger partial charge in [0.25, 0.3) is 0 Å². The summed E-state index contributed by atoms with van der Waals surface area (Å²) in [6.07, 6.45) is -2.63. The van der Waals surface area contributed by atoms with E-state index in [0.29, 0.717) is 12.4 Å². The largest absolute Gasteiger partial charge is 0.489 e. The van der Waals surface area contributed by atoms with Crippen molar-refractivity contribution >= 4 is 8.07 Å². The van der Waals surface area contributed by atoms with Gasteiger partial charge in [-0.25, -0.2) is 0 Å². The highest BCUT2D eigenvalue weighted by molar-refractivity contribution is 6.83. The number of hydrogen-bond donors (Lipinski definition) is 0. The van der Waals surface area contributed by atoms with Gasteiger partial charge in [0.2, 0.25) is 0 Å². The second-order valence-corrected chi connectivity index (χ2v) is 12.0. The van der Waals surface area contributed by atoms with Crippen LogP contribution in [0.1, 0.15) is 11.1 Å². The van der Waals surface area contributed by atoms with Gasteiger partial charge in [-0.1, -0.05) is 68.2 Å². The first-order valence-electron chi connectivity index (χ1n) is 8.20. The SMILES string of the molecule is C[Si](C)(C)/C(=C\Cc1ccc(OCc2ccccc2)cc1)C(F)(F)F. The quantitative estimate of drug-likeness (QED) is 0.557. The molecule has 0 spiro atoms. The second-order valence-electron chi connectivity index (χ2n) is 6.99. The smallest absolute Gasteiger partial charge is 0.408 e. The monoisotopic (exact) mass is 364 g/mol. The Hall–Kier alpha value is -2.01. The topological polar surface area (TPSA) is 9.23 Å². The molecule has 0 fully saturated rings. The van der Waals surface area contributed by atoms with E-state index in [-0.39, 0.29) is 11.6 Å². The van der Waals surface area contributed by atoms with Crippen molar-refractivity contribution < 1.29 is 17.9 Å². The zero-order valence-electron chi connectivity index (χ0n) is 14.7. The summed E-state index contributed by atoms with van der Waals surface area (Å²) in [5, 5.41) is -0.357. The average molecular weight is 364 g/mol. The molecule has 0 heterocycles. The van der Waals surface area contributed by atoms with E-state index in [4.69, 9.17) is 4.74 Å². The van der Waals surface area contributed by atoms with Crippen LogP contribution in [-0.4, -0.2) is 14.3 Å². The zero-order chi connectivity index (χ0) is 18.5. The molecule has 0 unspecified atom stereocenters. The van der Waals surface area contributed by atoms with Crippen molar-refractivity contribution in [1.29, 1.82) is 0 Å². The maximum absolute atomic E-state index is 13.2. The summed E-state index contributed by atoms with van der Waals surface area (Å²) in [5.74, 6) is 0.706. The molecule has 1 nitrogen and oxygen atoms in total. The van der Waals surface area contributed by atoms with Crippen molar-refractivity contribution in [3.8, 4) is 5.75 Å². The Bertz CT molecular complexity index is 682. The fourth-order valence-corrected chi connectivity index (χ4v) is 4.09. The van der Waals surface area contributed by atoms with Crippen LogP contribution in [0, 0.1) is 0 Å². The minimum atomic E-state index is -4.25. The molecule has 25 heavy (non-hydrogen) atoms. The number of allylic oxidation sites excluding steroid dienone is 2. The van der Waals surface area contributed by atoms with Crippen molar-refractivity contribution in [2.45, 2.75) is 38.8 Å². The standard InChI is InChI=1S/C20H23F3OSi/c1-25(2,3)19(20(21,22)23)14-11-16-9-12-18(13-10-16)24-15-17-7-5-4-6-8-17/h4-10,12-14H,11,15H2,1-3H3/b19-14-. The van der Waals surface area contributed by atoms with Crippen LogP contribution < -0.4 is 4.74 Å². The van der Waals surface area contributed by atoms with Crippen molar-refractivity contribution in [2.24, 2.45) is 0 Å². The third-order valence-electron chi connectivity index (χ3n) is 3.83. The first-order chi connectivity index (χ1) is 11.7. The van der Waals surface area contributed by atoms with Crippen LogP contribution in [0.5, 0.6) is 5.75 Å². The number of benzene rings is 2. The number of alkyl halides is 3. The molecule has 0 aliphatic carbocycles. The van der Waals surface area contributed by atoms with E-state index in [0.717, 1.165) is 11.1 Å². The molecule has 0 radical (unpaired) electrons. The Morgan fingerprint density at radius 2 is 1.52 bits per heavy atom. The predicted molar refractivity (Wildman–Crippen MR) is 98.4 cm³/mol. The van der Waals surface area contributed by atoms with Gasteiger partial charge in [0.15, 0.2) is 0 Å². The van der Waals surface area contributed by atoms with Crippen molar-refractivity contribution in [3.63, 3.8) is 0 Å². The Kier molecular flexibility index (Phi) is 6.11. The first-order valence-corrected chi connectivity index (χ1v) is 11.7. The molecule has 0 amide bonds. The lowest BCUT2D eigenvalue weighted by atomic mass is 10.1. The molecule has 0 aliphatic heterocycles. The van der Waals surface area contributed by atoms with Gasteiger partial charge in [-0.3, -0.25) is 0 Å². The van der Waals surface area contributed by atoms with Crippen LogP contribution in [0.2, 0.25) is 19.6 Å². The van der Waals surface area contributed by atoms with E-state index in [1.54, 1.807) is 31.8 Å². The average Bonchev–Trinajstić information content (AvgIpc) is 2.53. The maximum Gasteiger partial charge on any atom is 0.408 e. The van der Waals surface area contributed by atoms with E-state index in [9.17, 15) is 13.2 Å². The summed E-state index contributed by atoms with van der Waals surface area (Å²) in [6, 6.07) is 17.0. The third kappa shape index (κ3) is 6.09. The second kappa shape index (κ2) is 7.91. The molecular formula is C20H23F3OSi. The van der Waals surface area contributed by atoms with Gasteiger partial charge in [-0.05, 0) is 29.7 Å². The highest BCUT2D eigenvalue weighted by Gasteiger charge is 2.41. The molecule has 134 valence electrons. The van der Waals surface area contributed by atoms with E-state index >= 15 is 0 Å². The lowest BCUT2D eigenvalue weighted by Crippen LogP contribution is -2.34. The van der Waals surface area contributed by atoms with Gasteiger partial charge in [0.05, 0.1) is 8.07 Å². The van der Waals surface area contributed by atoms with Crippen molar-refractivity contribution in [3.05, 3.63) is 77.0 Å². The molecule has 2 aromatic rings. The summed E-state index contributed by atoms with van der Waals surface area (Å²) >= 11 is 0. The molecule has 0 N–H and O–H groups in total. The lowest BCUT2D eigenvalue weighted by molar-refractivity contribution is -0.0858. The number of hydrogen-bond acceptors (Lipinski definition) is 1. The minimum Gasteiger partial charge on any atom is -0.489 e. The first kappa shape index (κ1) is 19.3. The molecular weight excluding hydrogens is 341 g/mol. The lowest BCUT2D eigenvalue weighted by Gasteiger charge is -2.23. The molecule has 2 aromatic carbocycles. The van der Waals surface area contributed by atoms with Gasteiger partial charge in [-0.15, -0.1) is 0 Å². The van der Waals surface area contributed by atoms with E-state index < -0.39 is 14.3 Å². The molecule has 0 aliphatic rings. The Morgan fingerprint density at radius 1 is 0.920 bits per heavy atom. The van der Waals surface area contributed by atoms with Gasteiger partial charge < -0.3 is 4.74 Å². The van der Waals surface area contributed by atoms with Crippen molar-refractivity contribution in [2.75, 3.05) is 0 Å². The summed E-state index contributed by atoms with van der Waals surface area (Å²) in [6.45, 7) is 5.61. The molecule has 0 atom stereocenters. The predicted octanol–water partition coefficient (Wildman–Crippen LogP) is 6.17. The Labute approximate surface area is 148 Å². The fourth-order valence-electron chi connectivity index (χ4n) is 2.53. The molecule has 5 heteroatoms. The van der Waals surface area contributed by atoms with Gasteiger partial charge in [0, 0.05) is 5.20 Å². The van der Waals surface area contributed by atoms with E-state index in [1.807, 2.05) is 42.5 Å². The van der Waals surface area contributed by atoms with Crippen LogP contribution in [0.3, 0.4) is 0 Å². The molecule has 0 aromatic heterocycles. The van der Waals surface area contributed by atoms with Crippen LogP contribution in [0.15, 0.2) is 65.9 Å². The molecule has 2 rings (SSSR count). The van der Waals surface area contributed by atoms with Crippen LogP contribution >= 0.6 is 0 Å². The molecule has 0 bridgehead atoms. The van der Waals surface area contributed by atoms with Gasteiger partial charge in [0.1, 0.15) is 12.4 Å². The van der Waals surface area contributed by atoms with Gasteiger partial charge in [-0.2, -0.15) is 13.2 Å². The van der Waals surface area contributed by atoms with Crippen LogP contribution in [-0.2, 0) is 13.0 Å². The fraction of sp³-hybridized carbons (Fsp3) is 0.300. The van der Waals surface area contributed by atoms with E-state index in [2.05, 4.69) is 0 Å². The number of rotatable bonds is 6. The highest BCUT2D eigenvalue weighted by Crippen LogP contribution is 2.33. The summed E-state index contributed by atoms with van der Waals surface area (Å²) in [7, 11) is -2.43. The minimum absolute atomic E-state index is 0.276. The third-order valence-corrected chi connectivity index (χ3v) is 5.93. The normalized spacial score (nSPS) is 13.0. The van der Waals surface area contributed by atoms with Crippen LogP contribution in [0.25, 0.3) is 0 Å². The van der Waals surface area contributed by atoms with Crippen LogP contribution in [0.4, 0.5) is 13.2 Å². The molecule has 0 saturated heterocycles. The van der Waals surface area contributed by atoms with Gasteiger partial charge >= 0.3 is 6.18 Å². The zero-order valence-corrected chi connectivity index (χ0v) is 15.7. The summed E-state index contributed by atoms with van der Waals surface area (Å²) < 4.78 is 45.3. The summed E-state index contributed by atoms with van der Waals surface area (Å²) in [5.41, 5.74) is 1.91. The molecule has 0 saturated carbocycles.